The molecule has 1 rings (SSSR count). The molecule has 1 atom stereocenters. The van der Waals surface area contributed by atoms with Gasteiger partial charge >= 0.3 is 5.97 Å². The Morgan fingerprint density at radius 1 is 1.53 bits per heavy atom. The molecule has 6 nitrogen and oxygen atoms in total. The Hall–Kier alpha value is -1.72. The van der Waals surface area contributed by atoms with Crippen molar-refractivity contribution in [3.05, 3.63) is 12.0 Å². The standard InChI is InChI=1S/C11H17NO5/c1-8(11(14)15-3)6-12(2)10(13)9-7-16-4-5-17-9/h7-8H,4-6H2,1-3H3. The van der Waals surface area contributed by atoms with Gasteiger partial charge in [-0.1, -0.05) is 6.92 Å². The Balaban J connectivity index is 2.52. The molecule has 1 aliphatic rings. The monoisotopic (exact) mass is 243 g/mol. The van der Waals surface area contributed by atoms with Crippen LogP contribution in [0, 0.1) is 5.92 Å². The average Bonchev–Trinajstić information content (AvgIpc) is 2.37. The van der Waals surface area contributed by atoms with Gasteiger partial charge in [-0.25, -0.2) is 0 Å². The van der Waals surface area contributed by atoms with E-state index in [4.69, 9.17) is 9.47 Å². The van der Waals surface area contributed by atoms with E-state index in [1.807, 2.05) is 0 Å². The Kier molecular flexibility index (Phi) is 4.81. The summed E-state index contributed by atoms with van der Waals surface area (Å²) in [5.74, 6) is -0.866. The lowest BCUT2D eigenvalue weighted by molar-refractivity contribution is -0.146. The van der Waals surface area contributed by atoms with Crippen LogP contribution in [0.3, 0.4) is 0 Å². The van der Waals surface area contributed by atoms with E-state index in [9.17, 15) is 9.59 Å². The minimum atomic E-state index is -0.376. The molecule has 17 heavy (non-hydrogen) atoms. The van der Waals surface area contributed by atoms with Crippen molar-refractivity contribution in [1.29, 1.82) is 0 Å². The van der Waals surface area contributed by atoms with Crippen molar-refractivity contribution >= 4 is 11.9 Å². The first-order valence-corrected chi connectivity index (χ1v) is 5.34. The third kappa shape index (κ3) is 3.65. The molecule has 0 fully saturated rings. The summed E-state index contributed by atoms with van der Waals surface area (Å²) >= 11 is 0. The zero-order valence-electron chi connectivity index (χ0n) is 10.3. The summed E-state index contributed by atoms with van der Waals surface area (Å²) in [6.07, 6.45) is 1.30. The fourth-order valence-electron chi connectivity index (χ4n) is 1.44. The lowest BCUT2D eigenvalue weighted by Crippen LogP contribution is -2.36. The first-order valence-electron chi connectivity index (χ1n) is 5.34. The van der Waals surface area contributed by atoms with Crippen LogP contribution in [-0.4, -0.2) is 50.7 Å². The highest BCUT2D eigenvalue weighted by molar-refractivity contribution is 5.91. The van der Waals surface area contributed by atoms with Gasteiger partial charge in [0, 0.05) is 13.6 Å². The molecule has 6 heteroatoms. The van der Waals surface area contributed by atoms with Crippen LogP contribution in [0.2, 0.25) is 0 Å². The van der Waals surface area contributed by atoms with Gasteiger partial charge in [-0.2, -0.15) is 0 Å². The van der Waals surface area contributed by atoms with Crippen molar-refractivity contribution in [2.75, 3.05) is 33.9 Å². The van der Waals surface area contributed by atoms with Gasteiger partial charge in [0.15, 0.2) is 0 Å². The number of ether oxygens (including phenoxy) is 3. The Morgan fingerprint density at radius 3 is 2.76 bits per heavy atom. The third-order valence-electron chi connectivity index (χ3n) is 2.36. The van der Waals surface area contributed by atoms with Crippen LogP contribution in [0.4, 0.5) is 0 Å². The molecule has 1 unspecified atom stereocenters. The average molecular weight is 243 g/mol. The molecular formula is C11H17NO5. The first kappa shape index (κ1) is 13.3. The fraction of sp³-hybridized carbons (Fsp3) is 0.636. The lowest BCUT2D eigenvalue weighted by atomic mass is 10.2. The second kappa shape index (κ2) is 6.12. The SMILES string of the molecule is COC(=O)C(C)CN(C)C(=O)C1=COCCO1. The Labute approximate surface area is 100 Å². The highest BCUT2D eigenvalue weighted by atomic mass is 16.6. The zero-order chi connectivity index (χ0) is 12.8. The zero-order valence-corrected chi connectivity index (χ0v) is 10.3. The molecule has 1 amide bonds. The number of methoxy groups -OCH3 is 1. The second-order valence-corrected chi connectivity index (χ2v) is 3.81. The number of carbonyl (C=O) groups is 2. The van der Waals surface area contributed by atoms with Crippen molar-refractivity contribution in [3.8, 4) is 0 Å². The molecule has 0 aromatic rings. The maximum absolute atomic E-state index is 11.8. The van der Waals surface area contributed by atoms with Crippen LogP contribution >= 0.6 is 0 Å². The number of likely N-dealkylation sites (N-methyl/N-ethyl adjacent to an activating group) is 1. The Bertz CT molecular complexity index is 326. The van der Waals surface area contributed by atoms with Gasteiger partial charge in [0.05, 0.1) is 13.0 Å². The largest absolute Gasteiger partial charge is 0.494 e. The van der Waals surface area contributed by atoms with Crippen molar-refractivity contribution in [2.45, 2.75) is 6.92 Å². The number of nitrogens with zero attached hydrogens (tertiary/aromatic N) is 1. The smallest absolute Gasteiger partial charge is 0.310 e. The summed E-state index contributed by atoms with van der Waals surface area (Å²) in [4.78, 5) is 24.5. The molecular weight excluding hydrogens is 226 g/mol. The molecule has 0 N–H and O–H groups in total. The minimum Gasteiger partial charge on any atom is -0.494 e. The van der Waals surface area contributed by atoms with Gasteiger partial charge in [-0.3, -0.25) is 9.59 Å². The number of rotatable bonds is 4. The molecule has 0 aromatic carbocycles. The van der Waals surface area contributed by atoms with Crippen molar-refractivity contribution in [3.63, 3.8) is 0 Å². The van der Waals surface area contributed by atoms with E-state index in [2.05, 4.69) is 4.74 Å². The molecule has 0 saturated carbocycles. The lowest BCUT2D eigenvalue weighted by Gasteiger charge is -2.23. The molecule has 0 bridgehead atoms. The predicted octanol–water partition coefficient (Wildman–Crippen LogP) is 0.142. The minimum absolute atomic E-state index is 0.163. The molecule has 1 aliphatic heterocycles. The molecule has 0 aromatic heterocycles. The van der Waals surface area contributed by atoms with Crippen LogP contribution in [0.15, 0.2) is 12.0 Å². The Morgan fingerprint density at radius 2 is 2.24 bits per heavy atom. The summed E-state index contributed by atoms with van der Waals surface area (Å²) < 4.78 is 14.7. The van der Waals surface area contributed by atoms with Gasteiger partial charge in [-0.05, 0) is 0 Å². The number of esters is 1. The molecule has 96 valence electrons. The summed E-state index contributed by atoms with van der Waals surface area (Å²) in [6, 6.07) is 0. The van der Waals surface area contributed by atoms with Crippen LogP contribution in [0.25, 0.3) is 0 Å². The van der Waals surface area contributed by atoms with Gasteiger partial charge < -0.3 is 19.1 Å². The highest BCUT2D eigenvalue weighted by Gasteiger charge is 2.23. The third-order valence-corrected chi connectivity index (χ3v) is 2.36. The predicted molar refractivity (Wildman–Crippen MR) is 58.8 cm³/mol. The van der Waals surface area contributed by atoms with Crippen LogP contribution < -0.4 is 0 Å². The highest BCUT2D eigenvalue weighted by Crippen LogP contribution is 2.09. The first-order chi connectivity index (χ1) is 8.06. The quantitative estimate of drug-likeness (QED) is 0.657. The molecule has 0 saturated heterocycles. The molecule has 0 radical (unpaired) electrons. The van der Waals surface area contributed by atoms with E-state index < -0.39 is 0 Å². The molecule has 0 spiro atoms. The van der Waals surface area contributed by atoms with E-state index in [1.165, 1.54) is 18.3 Å². The van der Waals surface area contributed by atoms with Crippen molar-refractivity contribution < 1.29 is 23.8 Å². The van der Waals surface area contributed by atoms with E-state index in [0.29, 0.717) is 13.2 Å². The van der Waals surface area contributed by atoms with E-state index in [0.717, 1.165) is 0 Å². The van der Waals surface area contributed by atoms with Crippen LogP contribution in [-0.2, 0) is 23.8 Å². The normalized spacial score (nSPS) is 16.1. The number of hydrogen-bond acceptors (Lipinski definition) is 5. The summed E-state index contributed by atoms with van der Waals surface area (Å²) in [5.41, 5.74) is 0. The topological polar surface area (TPSA) is 65.1 Å². The summed E-state index contributed by atoms with van der Waals surface area (Å²) in [6.45, 7) is 2.77. The van der Waals surface area contributed by atoms with Gasteiger partial charge in [0.1, 0.15) is 19.5 Å². The number of amides is 1. The molecule has 1 heterocycles. The maximum Gasteiger partial charge on any atom is 0.310 e. The number of carbonyl (C=O) groups excluding carboxylic acids is 2. The number of hydrogen-bond donors (Lipinski definition) is 0. The molecule has 0 aliphatic carbocycles. The van der Waals surface area contributed by atoms with E-state index in [-0.39, 0.29) is 30.1 Å². The van der Waals surface area contributed by atoms with Crippen LogP contribution in [0.1, 0.15) is 6.92 Å². The van der Waals surface area contributed by atoms with Gasteiger partial charge in [-0.15, -0.1) is 0 Å². The second-order valence-electron chi connectivity index (χ2n) is 3.81. The maximum atomic E-state index is 11.8. The van der Waals surface area contributed by atoms with E-state index >= 15 is 0 Å². The fourth-order valence-corrected chi connectivity index (χ4v) is 1.44. The summed E-state index contributed by atoms with van der Waals surface area (Å²) in [7, 11) is 2.92. The van der Waals surface area contributed by atoms with Gasteiger partial charge in [0.2, 0.25) is 5.76 Å². The van der Waals surface area contributed by atoms with Crippen molar-refractivity contribution in [2.24, 2.45) is 5.92 Å². The van der Waals surface area contributed by atoms with Gasteiger partial charge in [0.25, 0.3) is 5.91 Å². The summed E-state index contributed by atoms with van der Waals surface area (Å²) in [5, 5.41) is 0. The van der Waals surface area contributed by atoms with E-state index in [1.54, 1.807) is 14.0 Å². The van der Waals surface area contributed by atoms with Crippen molar-refractivity contribution in [1.82, 2.24) is 4.90 Å². The van der Waals surface area contributed by atoms with Crippen LogP contribution in [0.5, 0.6) is 0 Å².